The van der Waals surface area contributed by atoms with E-state index in [1.54, 1.807) is 26.2 Å². The average Bonchev–Trinajstić information content (AvgIpc) is 2.87. The number of benzene rings is 1. The predicted octanol–water partition coefficient (Wildman–Crippen LogP) is 1.37. The first-order chi connectivity index (χ1) is 11.4. The molecule has 0 unspecified atom stereocenters. The minimum absolute atomic E-state index is 0.249. The summed E-state index contributed by atoms with van der Waals surface area (Å²) in [5.41, 5.74) is 1.41. The molecule has 0 atom stereocenters. The number of hydrogen-bond acceptors (Lipinski definition) is 4. The van der Waals surface area contributed by atoms with Crippen molar-refractivity contribution in [2.45, 2.75) is 18.4 Å². The lowest BCUT2D eigenvalue weighted by Gasteiger charge is -2.33. The molecule has 0 amide bonds. The van der Waals surface area contributed by atoms with Crippen molar-refractivity contribution in [1.82, 2.24) is 19.0 Å². The largest absolute Gasteiger partial charge is 0.296 e. The van der Waals surface area contributed by atoms with Crippen molar-refractivity contribution in [3.05, 3.63) is 47.5 Å². The fraction of sp³-hybridized carbons (Fsp3) is 0.438. The summed E-state index contributed by atoms with van der Waals surface area (Å²) in [5, 5.41) is 4.12. The Balaban J connectivity index is 1.65. The summed E-state index contributed by atoms with van der Waals surface area (Å²) >= 11 is 0. The molecule has 0 N–H and O–H groups in total. The van der Waals surface area contributed by atoms with Gasteiger partial charge in [-0.25, -0.2) is 12.8 Å². The minimum Gasteiger partial charge on any atom is -0.296 e. The lowest BCUT2D eigenvalue weighted by atomic mass is 10.2. The number of hydrogen-bond donors (Lipinski definition) is 0. The first-order valence-electron chi connectivity index (χ1n) is 7.83. The van der Waals surface area contributed by atoms with Crippen LogP contribution in [0.25, 0.3) is 0 Å². The van der Waals surface area contributed by atoms with Gasteiger partial charge < -0.3 is 0 Å². The van der Waals surface area contributed by atoms with E-state index in [9.17, 15) is 12.8 Å². The van der Waals surface area contributed by atoms with Gasteiger partial charge in [-0.05, 0) is 24.6 Å². The van der Waals surface area contributed by atoms with E-state index in [1.807, 2.05) is 6.07 Å². The molecule has 8 heteroatoms. The van der Waals surface area contributed by atoms with E-state index in [2.05, 4.69) is 10.00 Å². The monoisotopic (exact) mass is 352 g/mol. The van der Waals surface area contributed by atoms with Crippen molar-refractivity contribution in [1.29, 1.82) is 0 Å². The van der Waals surface area contributed by atoms with Crippen LogP contribution in [0.3, 0.4) is 0 Å². The van der Waals surface area contributed by atoms with Gasteiger partial charge in [-0.2, -0.15) is 9.40 Å². The number of aromatic nitrogens is 2. The lowest BCUT2D eigenvalue weighted by Crippen LogP contribution is -2.48. The second-order valence-corrected chi connectivity index (χ2v) is 7.97. The highest BCUT2D eigenvalue weighted by Crippen LogP contribution is 2.20. The van der Waals surface area contributed by atoms with E-state index in [4.69, 9.17) is 0 Å². The van der Waals surface area contributed by atoms with E-state index in [0.717, 1.165) is 5.56 Å². The summed E-state index contributed by atoms with van der Waals surface area (Å²) in [4.78, 5) is 2.40. The Kier molecular flexibility index (Phi) is 4.71. The van der Waals surface area contributed by atoms with Crippen LogP contribution in [0.1, 0.15) is 11.3 Å². The molecule has 2 aromatic rings. The molecule has 0 spiro atoms. The van der Waals surface area contributed by atoms with Gasteiger partial charge in [0.2, 0.25) is 10.0 Å². The minimum atomic E-state index is -3.51. The third-order valence-electron chi connectivity index (χ3n) is 4.21. The van der Waals surface area contributed by atoms with Crippen LogP contribution in [0.15, 0.2) is 35.4 Å². The summed E-state index contributed by atoms with van der Waals surface area (Å²) in [6.07, 6.45) is 1.55. The highest BCUT2D eigenvalue weighted by atomic mass is 32.2. The smallest absolute Gasteiger partial charge is 0.246 e. The maximum absolute atomic E-state index is 13.3. The number of aryl methyl sites for hydroxylation is 2. The molecule has 0 aliphatic carbocycles. The number of nitrogens with zero attached hydrogens (tertiary/aromatic N) is 4. The van der Waals surface area contributed by atoms with Crippen molar-refractivity contribution in [3.8, 4) is 0 Å². The molecule has 1 aliphatic heterocycles. The van der Waals surface area contributed by atoms with E-state index in [1.165, 1.54) is 21.1 Å². The van der Waals surface area contributed by atoms with Gasteiger partial charge >= 0.3 is 0 Å². The van der Waals surface area contributed by atoms with Gasteiger partial charge in [0.25, 0.3) is 0 Å². The van der Waals surface area contributed by atoms with Crippen molar-refractivity contribution in [3.63, 3.8) is 0 Å². The van der Waals surface area contributed by atoms with Crippen molar-refractivity contribution in [2.24, 2.45) is 7.05 Å². The van der Waals surface area contributed by atoms with Gasteiger partial charge in [-0.3, -0.25) is 9.58 Å². The van der Waals surface area contributed by atoms with Gasteiger partial charge in [0.15, 0.2) is 0 Å². The van der Waals surface area contributed by atoms with Crippen LogP contribution in [-0.2, 0) is 23.6 Å². The third-order valence-corrected chi connectivity index (χ3v) is 6.21. The number of rotatable bonds is 4. The maximum atomic E-state index is 13.3. The number of sulfonamides is 1. The summed E-state index contributed by atoms with van der Waals surface area (Å²) in [5.74, 6) is -0.249. The van der Waals surface area contributed by atoms with Gasteiger partial charge in [0.1, 0.15) is 10.7 Å². The highest BCUT2D eigenvalue weighted by Gasteiger charge is 2.30. The van der Waals surface area contributed by atoms with Crippen LogP contribution in [-0.4, -0.2) is 53.6 Å². The Morgan fingerprint density at radius 2 is 1.92 bits per heavy atom. The summed E-state index contributed by atoms with van der Waals surface area (Å²) in [6, 6.07) is 6.51. The molecule has 130 valence electrons. The second-order valence-electron chi connectivity index (χ2n) is 6.06. The Bertz CT molecular complexity index is 826. The van der Waals surface area contributed by atoms with Gasteiger partial charge in [0, 0.05) is 46.0 Å². The number of piperazine rings is 1. The molecule has 1 aliphatic rings. The van der Waals surface area contributed by atoms with E-state index in [0.29, 0.717) is 38.4 Å². The van der Waals surface area contributed by atoms with Crippen molar-refractivity contribution >= 4 is 10.0 Å². The molecular weight excluding hydrogens is 331 g/mol. The summed E-state index contributed by atoms with van der Waals surface area (Å²) in [7, 11) is -1.80. The zero-order valence-electron chi connectivity index (χ0n) is 13.8. The lowest BCUT2D eigenvalue weighted by molar-refractivity contribution is 0.181. The molecule has 1 saturated heterocycles. The molecule has 24 heavy (non-hydrogen) atoms. The molecule has 1 fully saturated rings. The summed E-state index contributed by atoms with van der Waals surface area (Å²) in [6.45, 7) is 4.41. The van der Waals surface area contributed by atoms with Gasteiger partial charge in [-0.1, -0.05) is 12.1 Å². The molecule has 2 heterocycles. The van der Waals surface area contributed by atoms with Crippen LogP contribution in [0.4, 0.5) is 4.39 Å². The maximum Gasteiger partial charge on any atom is 0.246 e. The average molecular weight is 352 g/mol. The van der Waals surface area contributed by atoms with Crippen molar-refractivity contribution < 1.29 is 12.8 Å². The van der Waals surface area contributed by atoms with E-state index < -0.39 is 10.0 Å². The SMILES string of the molecule is Cc1nn(C)cc1S(=O)(=O)N1CCN(Cc2cccc(F)c2)CC1. The number of halogens is 1. The van der Waals surface area contributed by atoms with Crippen LogP contribution < -0.4 is 0 Å². The molecule has 0 saturated carbocycles. The Hall–Kier alpha value is -1.77. The van der Waals surface area contributed by atoms with Crippen LogP contribution in [0, 0.1) is 12.7 Å². The topological polar surface area (TPSA) is 58.4 Å². The van der Waals surface area contributed by atoms with Crippen LogP contribution in [0.5, 0.6) is 0 Å². The Morgan fingerprint density at radius 3 is 2.50 bits per heavy atom. The van der Waals surface area contributed by atoms with E-state index in [-0.39, 0.29) is 10.7 Å². The zero-order chi connectivity index (χ0) is 17.3. The normalized spacial score (nSPS) is 17.3. The first-order valence-corrected chi connectivity index (χ1v) is 9.27. The molecule has 6 nitrogen and oxygen atoms in total. The first kappa shape index (κ1) is 17.1. The molecule has 1 aromatic carbocycles. The fourth-order valence-corrected chi connectivity index (χ4v) is 4.61. The fourth-order valence-electron chi connectivity index (χ4n) is 2.99. The van der Waals surface area contributed by atoms with Gasteiger partial charge in [-0.15, -0.1) is 0 Å². The Morgan fingerprint density at radius 1 is 1.21 bits per heavy atom. The third kappa shape index (κ3) is 3.50. The zero-order valence-corrected chi connectivity index (χ0v) is 14.6. The van der Waals surface area contributed by atoms with Crippen LogP contribution >= 0.6 is 0 Å². The second kappa shape index (κ2) is 6.62. The molecule has 0 bridgehead atoms. The van der Waals surface area contributed by atoms with E-state index >= 15 is 0 Å². The Labute approximate surface area is 141 Å². The molecular formula is C16H21FN4O2S. The molecule has 3 rings (SSSR count). The molecule has 1 aromatic heterocycles. The van der Waals surface area contributed by atoms with Crippen LogP contribution in [0.2, 0.25) is 0 Å². The predicted molar refractivity (Wildman–Crippen MR) is 88.4 cm³/mol. The van der Waals surface area contributed by atoms with Crippen molar-refractivity contribution in [2.75, 3.05) is 26.2 Å². The quantitative estimate of drug-likeness (QED) is 0.834. The standard InChI is InChI=1S/C16H21FN4O2S/c1-13-16(12-19(2)18-13)24(22,23)21-8-6-20(7-9-21)11-14-4-3-5-15(17)10-14/h3-5,10,12H,6-9,11H2,1-2H3. The summed E-state index contributed by atoms with van der Waals surface area (Å²) < 4.78 is 41.7. The van der Waals surface area contributed by atoms with Gasteiger partial charge in [0.05, 0.1) is 5.69 Å². The molecule has 0 radical (unpaired) electrons. The highest BCUT2D eigenvalue weighted by molar-refractivity contribution is 7.89.